The summed E-state index contributed by atoms with van der Waals surface area (Å²) < 4.78 is 28.2. The summed E-state index contributed by atoms with van der Waals surface area (Å²) >= 11 is 0. The fraction of sp³-hybridized carbons (Fsp3) is 1.00. The summed E-state index contributed by atoms with van der Waals surface area (Å²) in [6.07, 6.45) is 6.31. The van der Waals surface area contributed by atoms with Crippen molar-refractivity contribution in [2.45, 2.75) is 52.4 Å². The molecule has 0 unspecified atom stereocenters. The van der Waals surface area contributed by atoms with Crippen LogP contribution >= 0.6 is 0 Å². The van der Waals surface area contributed by atoms with E-state index in [-0.39, 0.29) is 0 Å². The van der Waals surface area contributed by atoms with E-state index in [1.54, 1.807) is 8.61 Å². The second kappa shape index (κ2) is 7.34. The van der Waals surface area contributed by atoms with Crippen LogP contribution in [0.15, 0.2) is 0 Å². The van der Waals surface area contributed by atoms with E-state index < -0.39 is 10.2 Å². The van der Waals surface area contributed by atoms with Gasteiger partial charge in [-0.1, -0.05) is 33.1 Å². The number of nitrogens with zero attached hydrogens (tertiary/aromatic N) is 2. The van der Waals surface area contributed by atoms with Crippen LogP contribution in [0.3, 0.4) is 0 Å². The maximum Gasteiger partial charge on any atom is 0.281 e. The molecule has 0 bridgehead atoms. The molecule has 1 saturated heterocycles. The second-order valence-corrected chi connectivity index (χ2v) is 6.59. The van der Waals surface area contributed by atoms with Crippen molar-refractivity contribution in [2.75, 3.05) is 26.2 Å². The lowest BCUT2D eigenvalue weighted by atomic mass is 10.2. The lowest BCUT2D eigenvalue weighted by molar-refractivity contribution is 0.344. The van der Waals surface area contributed by atoms with Crippen LogP contribution in [0.4, 0.5) is 0 Å². The first-order valence-corrected chi connectivity index (χ1v) is 8.27. The first-order valence-electron chi connectivity index (χ1n) is 6.88. The number of unbranched alkanes of at least 4 members (excludes halogenated alkanes) is 1. The maximum absolute atomic E-state index is 12.4. The molecule has 0 atom stereocenters. The van der Waals surface area contributed by atoms with Gasteiger partial charge in [0.2, 0.25) is 0 Å². The number of rotatable bonds is 6. The zero-order valence-electron chi connectivity index (χ0n) is 11.2. The van der Waals surface area contributed by atoms with Gasteiger partial charge in [0.15, 0.2) is 0 Å². The molecule has 0 spiro atoms. The largest absolute Gasteiger partial charge is 0.281 e. The maximum atomic E-state index is 12.4. The third-order valence-electron chi connectivity index (χ3n) is 3.33. The lowest BCUT2D eigenvalue weighted by Gasteiger charge is -2.28. The highest BCUT2D eigenvalue weighted by atomic mass is 32.2. The van der Waals surface area contributed by atoms with Crippen molar-refractivity contribution >= 4 is 10.2 Å². The van der Waals surface area contributed by atoms with Gasteiger partial charge in [0.05, 0.1) is 0 Å². The predicted molar refractivity (Wildman–Crippen MR) is 71.1 cm³/mol. The van der Waals surface area contributed by atoms with Gasteiger partial charge in [-0.2, -0.15) is 17.0 Å². The normalized spacial score (nSPS) is 19.5. The third-order valence-corrected chi connectivity index (χ3v) is 5.44. The van der Waals surface area contributed by atoms with E-state index in [2.05, 4.69) is 6.92 Å². The van der Waals surface area contributed by atoms with Gasteiger partial charge >= 0.3 is 0 Å². The zero-order valence-corrected chi connectivity index (χ0v) is 12.0. The second-order valence-electron chi connectivity index (χ2n) is 4.67. The Morgan fingerprint density at radius 2 is 1.65 bits per heavy atom. The molecule has 1 heterocycles. The lowest BCUT2D eigenvalue weighted by Crippen LogP contribution is -2.44. The number of hydrogen-bond donors (Lipinski definition) is 0. The van der Waals surface area contributed by atoms with Crippen LogP contribution in [0.25, 0.3) is 0 Å². The Morgan fingerprint density at radius 1 is 1.06 bits per heavy atom. The van der Waals surface area contributed by atoms with Crippen molar-refractivity contribution in [3.63, 3.8) is 0 Å². The van der Waals surface area contributed by atoms with Gasteiger partial charge in [-0.3, -0.25) is 0 Å². The summed E-state index contributed by atoms with van der Waals surface area (Å²) in [6, 6.07) is 0. The van der Waals surface area contributed by atoms with Gasteiger partial charge in [0, 0.05) is 26.2 Å². The summed E-state index contributed by atoms with van der Waals surface area (Å²) in [5.74, 6) is 0. The molecular formula is C12H26N2O2S. The minimum Gasteiger partial charge on any atom is -0.195 e. The average Bonchev–Trinajstić information content (AvgIpc) is 2.58. The van der Waals surface area contributed by atoms with E-state index in [9.17, 15) is 8.42 Å². The molecule has 17 heavy (non-hydrogen) atoms. The smallest absolute Gasteiger partial charge is 0.195 e. The van der Waals surface area contributed by atoms with Gasteiger partial charge < -0.3 is 0 Å². The first kappa shape index (κ1) is 14.9. The van der Waals surface area contributed by atoms with Crippen molar-refractivity contribution in [3.8, 4) is 0 Å². The predicted octanol–water partition coefficient (Wildman–Crippen LogP) is 2.23. The highest BCUT2D eigenvalue weighted by Gasteiger charge is 2.28. The van der Waals surface area contributed by atoms with E-state index in [1.165, 1.54) is 0 Å². The fourth-order valence-corrected chi connectivity index (χ4v) is 3.94. The standard InChI is InChI=1S/C12H26N2O2S/c1-3-5-10-13(4-2)17(15,16)14-11-8-6-7-9-12-14/h3-12H2,1-2H3. The molecule has 1 aliphatic rings. The molecule has 1 aliphatic heterocycles. The van der Waals surface area contributed by atoms with Crippen LogP contribution in [0.1, 0.15) is 52.4 Å². The van der Waals surface area contributed by atoms with Crippen LogP contribution in [-0.4, -0.2) is 43.2 Å². The Hall–Kier alpha value is -0.130. The molecule has 0 aromatic carbocycles. The Balaban J connectivity index is 2.68. The molecule has 4 nitrogen and oxygen atoms in total. The summed E-state index contributed by atoms with van der Waals surface area (Å²) in [5, 5.41) is 0. The van der Waals surface area contributed by atoms with Crippen LogP contribution in [0, 0.1) is 0 Å². The molecule has 102 valence electrons. The minimum atomic E-state index is -3.20. The zero-order chi connectivity index (χ0) is 12.7. The molecular weight excluding hydrogens is 236 g/mol. The average molecular weight is 262 g/mol. The summed E-state index contributed by atoms with van der Waals surface area (Å²) in [6.45, 7) is 6.65. The topological polar surface area (TPSA) is 40.6 Å². The van der Waals surface area contributed by atoms with Crippen molar-refractivity contribution in [1.29, 1.82) is 0 Å². The van der Waals surface area contributed by atoms with Gasteiger partial charge in [0.1, 0.15) is 0 Å². The molecule has 0 aromatic heterocycles. The molecule has 0 N–H and O–H groups in total. The first-order chi connectivity index (χ1) is 8.12. The van der Waals surface area contributed by atoms with Crippen LogP contribution in [0.5, 0.6) is 0 Å². The highest BCUT2D eigenvalue weighted by molar-refractivity contribution is 7.86. The summed E-state index contributed by atoms with van der Waals surface area (Å²) in [7, 11) is -3.20. The van der Waals surface area contributed by atoms with E-state index in [0.717, 1.165) is 38.5 Å². The van der Waals surface area contributed by atoms with Gasteiger partial charge in [0.25, 0.3) is 10.2 Å². The molecule has 0 amide bonds. The molecule has 0 aromatic rings. The van der Waals surface area contributed by atoms with Gasteiger partial charge in [-0.25, -0.2) is 0 Å². The van der Waals surface area contributed by atoms with Gasteiger partial charge in [-0.05, 0) is 19.3 Å². The van der Waals surface area contributed by atoms with E-state index >= 15 is 0 Å². The van der Waals surface area contributed by atoms with E-state index in [1.807, 2.05) is 6.92 Å². The van der Waals surface area contributed by atoms with Crippen molar-refractivity contribution in [1.82, 2.24) is 8.61 Å². The Kier molecular flexibility index (Phi) is 6.44. The SMILES string of the molecule is CCCCN(CC)S(=O)(=O)N1CCCCCC1. The van der Waals surface area contributed by atoms with Crippen molar-refractivity contribution in [3.05, 3.63) is 0 Å². The van der Waals surface area contributed by atoms with E-state index in [0.29, 0.717) is 26.2 Å². The molecule has 0 radical (unpaired) electrons. The molecule has 0 saturated carbocycles. The Morgan fingerprint density at radius 3 is 2.12 bits per heavy atom. The molecule has 0 aliphatic carbocycles. The number of hydrogen-bond acceptors (Lipinski definition) is 2. The fourth-order valence-electron chi connectivity index (χ4n) is 2.21. The summed E-state index contributed by atoms with van der Waals surface area (Å²) in [4.78, 5) is 0. The van der Waals surface area contributed by atoms with Crippen LogP contribution in [0.2, 0.25) is 0 Å². The molecule has 1 rings (SSSR count). The minimum absolute atomic E-state index is 0.582. The highest BCUT2D eigenvalue weighted by Crippen LogP contribution is 2.16. The quantitative estimate of drug-likeness (QED) is 0.736. The van der Waals surface area contributed by atoms with Gasteiger partial charge in [-0.15, -0.1) is 0 Å². The third kappa shape index (κ3) is 4.23. The van der Waals surface area contributed by atoms with Crippen molar-refractivity contribution in [2.24, 2.45) is 0 Å². The molecule has 5 heteroatoms. The van der Waals surface area contributed by atoms with Crippen molar-refractivity contribution < 1.29 is 8.42 Å². The van der Waals surface area contributed by atoms with Crippen LogP contribution in [-0.2, 0) is 10.2 Å². The van der Waals surface area contributed by atoms with Crippen LogP contribution < -0.4 is 0 Å². The monoisotopic (exact) mass is 262 g/mol. The Bertz CT molecular complexity index is 296. The Labute approximate surface area is 106 Å². The summed E-state index contributed by atoms with van der Waals surface area (Å²) in [5.41, 5.74) is 0. The van der Waals surface area contributed by atoms with E-state index in [4.69, 9.17) is 0 Å². The molecule has 1 fully saturated rings.